The number of β-lactam (4-membered cyclic amide) rings is 1. The number of hydrogen-bond donors (Lipinski definition) is 0. The summed E-state index contributed by atoms with van der Waals surface area (Å²) in [7, 11) is 4.65. The van der Waals surface area contributed by atoms with E-state index in [9.17, 15) is 4.79 Å². The number of hydrogen-bond acceptors (Lipinski definition) is 4. The fourth-order valence-corrected chi connectivity index (χ4v) is 2.04. The van der Waals surface area contributed by atoms with Crippen LogP contribution in [0.4, 0.5) is 5.69 Å². The number of anilines is 1. The molecule has 1 aromatic carbocycles. The summed E-state index contributed by atoms with van der Waals surface area (Å²) in [5, 5.41) is 0. The highest BCUT2D eigenvalue weighted by molar-refractivity contribution is 6.13. The second-order valence-corrected chi connectivity index (χ2v) is 4.09. The quantitative estimate of drug-likeness (QED) is 0.616. The van der Waals surface area contributed by atoms with Gasteiger partial charge in [0.15, 0.2) is 11.5 Å². The SMILES string of the molecule is C/C=C1\CN(c2cc(OC)c(OC)c(OC)c2)C1=O. The van der Waals surface area contributed by atoms with Crippen LogP contribution in [0.25, 0.3) is 0 Å². The normalized spacial score (nSPS) is 16.3. The number of allylic oxidation sites excluding steroid dienone is 1. The first kappa shape index (κ1) is 13.3. The zero-order valence-electron chi connectivity index (χ0n) is 11.5. The number of methoxy groups -OCH3 is 3. The molecule has 0 saturated carbocycles. The monoisotopic (exact) mass is 263 g/mol. The maximum Gasteiger partial charge on any atom is 0.256 e. The summed E-state index contributed by atoms with van der Waals surface area (Å²) >= 11 is 0. The fourth-order valence-electron chi connectivity index (χ4n) is 2.04. The molecule has 0 aliphatic carbocycles. The molecule has 0 atom stereocenters. The molecule has 0 bridgehead atoms. The number of carbonyl (C=O) groups excluding carboxylic acids is 1. The van der Waals surface area contributed by atoms with Gasteiger partial charge in [0.05, 0.1) is 33.6 Å². The Balaban J connectivity index is 2.40. The molecule has 0 spiro atoms. The van der Waals surface area contributed by atoms with Gasteiger partial charge in [-0.05, 0) is 6.92 Å². The molecular weight excluding hydrogens is 246 g/mol. The lowest BCUT2D eigenvalue weighted by atomic mass is 10.0. The molecule has 1 fully saturated rings. The van der Waals surface area contributed by atoms with Gasteiger partial charge < -0.3 is 19.1 Å². The average Bonchev–Trinajstić information content (AvgIpc) is 2.44. The number of benzene rings is 1. The molecule has 5 heteroatoms. The van der Waals surface area contributed by atoms with E-state index < -0.39 is 0 Å². The van der Waals surface area contributed by atoms with E-state index in [0.717, 1.165) is 11.3 Å². The number of ether oxygens (including phenoxy) is 3. The van der Waals surface area contributed by atoms with Crippen molar-refractivity contribution in [1.82, 2.24) is 0 Å². The van der Waals surface area contributed by atoms with Gasteiger partial charge in [0.1, 0.15) is 0 Å². The fraction of sp³-hybridized carbons (Fsp3) is 0.357. The minimum Gasteiger partial charge on any atom is -0.493 e. The Labute approximate surface area is 112 Å². The zero-order valence-corrected chi connectivity index (χ0v) is 11.5. The Hall–Kier alpha value is -2.17. The van der Waals surface area contributed by atoms with Crippen molar-refractivity contribution in [3.8, 4) is 17.2 Å². The van der Waals surface area contributed by atoms with Crippen LogP contribution >= 0.6 is 0 Å². The highest BCUT2D eigenvalue weighted by Gasteiger charge is 2.32. The second kappa shape index (κ2) is 5.22. The van der Waals surface area contributed by atoms with Gasteiger partial charge in [-0.1, -0.05) is 6.08 Å². The molecule has 1 amide bonds. The molecule has 0 N–H and O–H groups in total. The van der Waals surface area contributed by atoms with E-state index in [2.05, 4.69) is 0 Å². The molecule has 0 unspecified atom stereocenters. The molecule has 1 aliphatic rings. The molecule has 1 aromatic rings. The van der Waals surface area contributed by atoms with Crippen LogP contribution < -0.4 is 19.1 Å². The highest BCUT2D eigenvalue weighted by Crippen LogP contribution is 2.42. The summed E-state index contributed by atoms with van der Waals surface area (Å²) in [6.45, 7) is 2.47. The third-order valence-electron chi connectivity index (χ3n) is 3.16. The van der Waals surface area contributed by atoms with Gasteiger partial charge in [-0.25, -0.2) is 0 Å². The van der Waals surface area contributed by atoms with Gasteiger partial charge in [-0.3, -0.25) is 4.79 Å². The van der Waals surface area contributed by atoms with E-state index in [0.29, 0.717) is 23.8 Å². The number of amides is 1. The number of nitrogens with zero attached hydrogens (tertiary/aromatic N) is 1. The van der Waals surface area contributed by atoms with E-state index in [1.54, 1.807) is 38.4 Å². The van der Waals surface area contributed by atoms with E-state index in [1.165, 1.54) is 0 Å². The molecule has 1 aliphatic heterocycles. The van der Waals surface area contributed by atoms with Crippen molar-refractivity contribution in [2.45, 2.75) is 6.92 Å². The molecule has 0 aromatic heterocycles. The first-order valence-electron chi connectivity index (χ1n) is 5.93. The number of rotatable bonds is 4. The van der Waals surface area contributed by atoms with Gasteiger partial charge in [-0.15, -0.1) is 0 Å². The summed E-state index contributed by atoms with van der Waals surface area (Å²) in [6, 6.07) is 3.54. The van der Waals surface area contributed by atoms with Crippen LogP contribution in [0.1, 0.15) is 6.92 Å². The minimum absolute atomic E-state index is 0.0109. The van der Waals surface area contributed by atoms with E-state index in [1.807, 2.05) is 13.0 Å². The van der Waals surface area contributed by atoms with Crippen molar-refractivity contribution < 1.29 is 19.0 Å². The molecular formula is C14H17NO4. The first-order valence-corrected chi connectivity index (χ1v) is 5.93. The van der Waals surface area contributed by atoms with Crippen LogP contribution in [0.5, 0.6) is 17.2 Å². The van der Waals surface area contributed by atoms with E-state index in [-0.39, 0.29) is 5.91 Å². The maximum atomic E-state index is 11.9. The summed E-state index contributed by atoms with van der Waals surface area (Å²) in [4.78, 5) is 13.6. The van der Waals surface area contributed by atoms with Crippen molar-refractivity contribution in [3.05, 3.63) is 23.8 Å². The van der Waals surface area contributed by atoms with Crippen LogP contribution in [-0.4, -0.2) is 33.8 Å². The molecule has 102 valence electrons. The third-order valence-corrected chi connectivity index (χ3v) is 3.16. The maximum absolute atomic E-state index is 11.9. The van der Waals surface area contributed by atoms with Crippen molar-refractivity contribution >= 4 is 11.6 Å². The Morgan fingerprint density at radius 2 is 1.68 bits per heavy atom. The van der Waals surface area contributed by atoms with Crippen molar-refractivity contribution in [1.29, 1.82) is 0 Å². The molecule has 1 saturated heterocycles. The molecule has 0 radical (unpaired) electrons. The lowest BCUT2D eigenvalue weighted by molar-refractivity contribution is -0.117. The molecule has 2 rings (SSSR count). The van der Waals surface area contributed by atoms with Crippen molar-refractivity contribution in [3.63, 3.8) is 0 Å². The summed E-state index contributed by atoms with van der Waals surface area (Å²) < 4.78 is 15.8. The Bertz CT molecular complexity index is 511. The average molecular weight is 263 g/mol. The lowest BCUT2D eigenvalue weighted by Crippen LogP contribution is -2.46. The molecule has 5 nitrogen and oxygen atoms in total. The lowest BCUT2D eigenvalue weighted by Gasteiger charge is -2.33. The van der Waals surface area contributed by atoms with Gasteiger partial charge in [0, 0.05) is 17.7 Å². The van der Waals surface area contributed by atoms with Crippen LogP contribution in [-0.2, 0) is 4.79 Å². The van der Waals surface area contributed by atoms with E-state index >= 15 is 0 Å². The van der Waals surface area contributed by atoms with E-state index in [4.69, 9.17) is 14.2 Å². The van der Waals surface area contributed by atoms with Crippen LogP contribution in [0.3, 0.4) is 0 Å². The Morgan fingerprint density at radius 1 is 1.11 bits per heavy atom. The van der Waals surface area contributed by atoms with Crippen LogP contribution in [0.2, 0.25) is 0 Å². The Morgan fingerprint density at radius 3 is 2.05 bits per heavy atom. The standard InChI is InChI=1S/C14H17NO4/c1-5-9-8-15(14(9)16)10-6-11(17-2)13(19-4)12(7-10)18-3/h5-7H,8H2,1-4H3/b9-5+. The topological polar surface area (TPSA) is 48.0 Å². The highest BCUT2D eigenvalue weighted by atomic mass is 16.5. The molecule has 19 heavy (non-hydrogen) atoms. The van der Waals surface area contributed by atoms with Gasteiger partial charge in [0.25, 0.3) is 5.91 Å². The third kappa shape index (κ3) is 2.12. The van der Waals surface area contributed by atoms with Crippen molar-refractivity contribution in [2.75, 3.05) is 32.8 Å². The predicted molar refractivity (Wildman–Crippen MR) is 72.2 cm³/mol. The van der Waals surface area contributed by atoms with Crippen molar-refractivity contribution in [2.24, 2.45) is 0 Å². The Kier molecular flexibility index (Phi) is 3.64. The van der Waals surface area contributed by atoms with Gasteiger partial charge >= 0.3 is 0 Å². The zero-order chi connectivity index (χ0) is 14.0. The van der Waals surface area contributed by atoms with Gasteiger partial charge in [0.2, 0.25) is 5.75 Å². The summed E-state index contributed by atoms with van der Waals surface area (Å²) in [5.41, 5.74) is 1.55. The predicted octanol–water partition coefficient (Wildman–Crippen LogP) is 2.01. The first-order chi connectivity index (χ1) is 9.15. The van der Waals surface area contributed by atoms with Crippen LogP contribution in [0, 0.1) is 0 Å². The second-order valence-electron chi connectivity index (χ2n) is 4.09. The minimum atomic E-state index is 0.0109. The van der Waals surface area contributed by atoms with Gasteiger partial charge in [-0.2, -0.15) is 0 Å². The summed E-state index contributed by atoms with van der Waals surface area (Å²) in [6.07, 6.45) is 1.83. The summed E-state index contributed by atoms with van der Waals surface area (Å²) in [5.74, 6) is 1.61. The largest absolute Gasteiger partial charge is 0.493 e. The van der Waals surface area contributed by atoms with Crippen LogP contribution in [0.15, 0.2) is 23.8 Å². The smallest absolute Gasteiger partial charge is 0.256 e. The molecule has 1 heterocycles. The number of carbonyl (C=O) groups is 1.